The maximum Gasteiger partial charge on any atom is 0.268 e. The van der Waals surface area contributed by atoms with Gasteiger partial charge in [0.25, 0.3) is 11.8 Å². The van der Waals surface area contributed by atoms with Crippen molar-refractivity contribution >= 4 is 29.1 Å². The summed E-state index contributed by atoms with van der Waals surface area (Å²) < 4.78 is 5.59. The molecule has 1 aromatic carbocycles. The second kappa shape index (κ2) is 9.52. The number of benzene rings is 1. The van der Waals surface area contributed by atoms with Crippen molar-refractivity contribution in [3.63, 3.8) is 0 Å². The number of ether oxygens (including phenoxy) is 1. The van der Waals surface area contributed by atoms with Gasteiger partial charge in [0.1, 0.15) is 5.75 Å². The number of rotatable bonds is 9. The monoisotopic (exact) mass is 398 g/mol. The minimum Gasteiger partial charge on any atom is -0.494 e. The quantitative estimate of drug-likeness (QED) is 0.655. The largest absolute Gasteiger partial charge is 0.494 e. The number of carbonyl (C=O) groups excluding carboxylic acids is 2. The van der Waals surface area contributed by atoms with E-state index in [-0.39, 0.29) is 25.0 Å². The number of carbonyl (C=O) groups is 2. The molecule has 0 spiro atoms. The molecule has 0 unspecified atom stereocenters. The molecule has 0 fully saturated rings. The minimum absolute atomic E-state index is 0.0724. The van der Waals surface area contributed by atoms with Crippen molar-refractivity contribution < 1.29 is 19.4 Å². The van der Waals surface area contributed by atoms with Crippen LogP contribution >= 0.6 is 11.8 Å². The fourth-order valence-electron chi connectivity index (χ4n) is 2.84. The van der Waals surface area contributed by atoms with Crippen molar-refractivity contribution in [3.05, 3.63) is 64.8 Å². The molecule has 2 amide bonds. The maximum atomic E-state index is 13.1. The Morgan fingerprint density at radius 3 is 2.43 bits per heavy atom. The Labute approximate surface area is 168 Å². The SMILES string of the molecule is CCCOc1ccc(C2=C(SCCO)C(=O)N(Cc3ccncc3)C2=O)cc1. The van der Waals surface area contributed by atoms with E-state index in [9.17, 15) is 14.7 Å². The van der Waals surface area contributed by atoms with Gasteiger partial charge >= 0.3 is 0 Å². The van der Waals surface area contributed by atoms with E-state index < -0.39 is 0 Å². The fraction of sp³-hybridized carbons (Fsp3) is 0.286. The summed E-state index contributed by atoms with van der Waals surface area (Å²) in [4.78, 5) is 31.6. The van der Waals surface area contributed by atoms with E-state index in [1.54, 1.807) is 48.8 Å². The van der Waals surface area contributed by atoms with Gasteiger partial charge in [-0.15, -0.1) is 11.8 Å². The third kappa shape index (κ3) is 4.43. The highest BCUT2D eigenvalue weighted by atomic mass is 32.2. The Bertz CT molecular complexity index is 866. The van der Waals surface area contributed by atoms with Crippen LogP contribution in [0.4, 0.5) is 0 Å². The summed E-state index contributed by atoms with van der Waals surface area (Å²) in [6.07, 6.45) is 4.17. The highest BCUT2D eigenvalue weighted by Gasteiger charge is 2.39. The Morgan fingerprint density at radius 1 is 1.07 bits per heavy atom. The topological polar surface area (TPSA) is 79.7 Å². The molecule has 0 saturated carbocycles. The van der Waals surface area contributed by atoms with Crippen LogP contribution in [-0.2, 0) is 16.1 Å². The van der Waals surface area contributed by atoms with Gasteiger partial charge < -0.3 is 9.84 Å². The van der Waals surface area contributed by atoms with E-state index in [4.69, 9.17) is 4.74 Å². The minimum atomic E-state index is -0.332. The number of aliphatic hydroxyl groups is 1. The Balaban J connectivity index is 1.89. The van der Waals surface area contributed by atoms with Crippen molar-refractivity contribution in [2.24, 2.45) is 0 Å². The number of imide groups is 1. The first kappa shape index (κ1) is 20.1. The predicted octanol–water partition coefficient (Wildman–Crippen LogP) is 2.88. The summed E-state index contributed by atoms with van der Waals surface area (Å²) in [5.41, 5.74) is 1.87. The highest BCUT2D eigenvalue weighted by Crippen LogP contribution is 2.37. The normalized spacial score (nSPS) is 14.1. The van der Waals surface area contributed by atoms with E-state index in [0.29, 0.717) is 28.4 Å². The van der Waals surface area contributed by atoms with Gasteiger partial charge in [-0.3, -0.25) is 19.5 Å². The van der Waals surface area contributed by atoms with Crippen LogP contribution in [0.15, 0.2) is 53.7 Å². The molecule has 0 saturated heterocycles. The Morgan fingerprint density at radius 2 is 1.79 bits per heavy atom. The fourth-order valence-corrected chi connectivity index (χ4v) is 3.72. The summed E-state index contributed by atoms with van der Waals surface area (Å²) in [6, 6.07) is 10.7. The highest BCUT2D eigenvalue weighted by molar-refractivity contribution is 8.04. The van der Waals surface area contributed by atoms with Crippen LogP contribution in [0, 0.1) is 0 Å². The number of pyridine rings is 1. The van der Waals surface area contributed by atoms with E-state index in [1.165, 1.54) is 16.7 Å². The number of hydrogen-bond donors (Lipinski definition) is 1. The van der Waals surface area contributed by atoms with Crippen LogP contribution in [0.1, 0.15) is 24.5 Å². The van der Waals surface area contributed by atoms with Crippen molar-refractivity contribution in [2.75, 3.05) is 19.0 Å². The Kier molecular flexibility index (Phi) is 6.84. The summed E-state index contributed by atoms with van der Waals surface area (Å²) in [5.74, 6) is 0.408. The number of amides is 2. The molecule has 0 radical (unpaired) electrons. The molecule has 3 rings (SSSR count). The summed E-state index contributed by atoms with van der Waals surface area (Å²) in [5, 5.41) is 9.18. The first-order valence-corrected chi connectivity index (χ1v) is 10.1. The number of aromatic nitrogens is 1. The van der Waals surface area contributed by atoms with E-state index in [0.717, 1.165) is 17.7 Å². The van der Waals surface area contributed by atoms with Crippen molar-refractivity contribution in [3.8, 4) is 5.75 Å². The average molecular weight is 398 g/mol. The molecule has 1 N–H and O–H groups in total. The van der Waals surface area contributed by atoms with E-state index in [1.807, 2.05) is 6.92 Å². The van der Waals surface area contributed by atoms with Crippen LogP contribution in [0.3, 0.4) is 0 Å². The Hall–Kier alpha value is -2.64. The zero-order valence-corrected chi connectivity index (χ0v) is 16.4. The van der Waals surface area contributed by atoms with Gasteiger partial charge in [-0.2, -0.15) is 0 Å². The van der Waals surface area contributed by atoms with Gasteiger partial charge in [0.2, 0.25) is 0 Å². The summed E-state index contributed by atoms with van der Waals surface area (Å²) in [7, 11) is 0. The van der Waals surface area contributed by atoms with Gasteiger partial charge in [0.15, 0.2) is 0 Å². The maximum absolute atomic E-state index is 13.1. The second-order valence-corrected chi connectivity index (χ2v) is 7.31. The lowest BCUT2D eigenvalue weighted by Gasteiger charge is -2.15. The summed E-state index contributed by atoms with van der Waals surface area (Å²) in [6.45, 7) is 2.77. The number of nitrogens with zero attached hydrogens (tertiary/aromatic N) is 2. The molecule has 6 nitrogen and oxygen atoms in total. The van der Waals surface area contributed by atoms with Gasteiger partial charge in [0, 0.05) is 18.1 Å². The van der Waals surface area contributed by atoms with Gasteiger partial charge in [-0.25, -0.2) is 0 Å². The molecule has 1 aliphatic heterocycles. The van der Waals surface area contributed by atoms with Crippen molar-refractivity contribution in [1.29, 1.82) is 0 Å². The molecule has 0 aliphatic carbocycles. The van der Waals surface area contributed by atoms with Crippen molar-refractivity contribution in [2.45, 2.75) is 19.9 Å². The first-order chi connectivity index (χ1) is 13.7. The molecule has 1 aromatic heterocycles. The molecule has 146 valence electrons. The molecular weight excluding hydrogens is 376 g/mol. The lowest BCUT2D eigenvalue weighted by molar-refractivity contribution is -0.137. The molecule has 2 aromatic rings. The molecule has 1 aliphatic rings. The third-order valence-corrected chi connectivity index (χ3v) is 5.22. The molecule has 0 atom stereocenters. The summed E-state index contributed by atoms with van der Waals surface area (Å²) >= 11 is 1.21. The van der Waals surface area contributed by atoms with Gasteiger partial charge in [-0.05, 0) is 41.8 Å². The molecular formula is C21H22N2O4S. The zero-order valence-electron chi connectivity index (χ0n) is 15.6. The first-order valence-electron chi connectivity index (χ1n) is 9.12. The molecule has 2 heterocycles. The standard InChI is InChI=1S/C21H22N2O4S/c1-2-12-27-17-5-3-16(4-6-17)18-19(28-13-11-24)21(26)23(20(18)25)14-15-7-9-22-10-8-15/h3-10,24H,2,11-14H2,1H3. The van der Waals surface area contributed by atoms with Gasteiger partial charge in [0.05, 0.1) is 30.2 Å². The lowest BCUT2D eigenvalue weighted by atomic mass is 10.1. The average Bonchev–Trinajstić information content (AvgIpc) is 2.96. The third-order valence-electron chi connectivity index (χ3n) is 4.17. The number of thioether (sulfide) groups is 1. The predicted molar refractivity (Wildman–Crippen MR) is 108 cm³/mol. The van der Waals surface area contributed by atoms with E-state index >= 15 is 0 Å². The van der Waals surface area contributed by atoms with Crippen LogP contribution < -0.4 is 4.74 Å². The smallest absolute Gasteiger partial charge is 0.268 e. The lowest BCUT2D eigenvalue weighted by Crippen LogP contribution is -2.31. The van der Waals surface area contributed by atoms with Crippen LogP contribution in [0.25, 0.3) is 5.57 Å². The molecule has 0 bridgehead atoms. The van der Waals surface area contributed by atoms with Crippen LogP contribution in [0.5, 0.6) is 5.75 Å². The van der Waals surface area contributed by atoms with Crippen LogP contribution in [-0.4, -0.2) is 45.8 Å². The van der Waals surface area contributed by atoms with E-state index in [2.05, 4.69) is 4.98 Å². The number of hydrogen-bond acceptors (Lipinski definition) is 6. The van der Waals surface area contributed by atoms with Crippen molar-refractivity contribution in [1.82, 2.24) is 9.88 Å². The zero-order chi connectivity index (χ0) is 19.9. The van der Waals surface area contributed by atoms with Crippen LogP contribution in [0.2, 0.25) is 0 Å². The molecule has 28 heavy (non-hydrogen) atoms. The second-order valence-electron chi connectivity index (χ2n) is 6.20. The number of aliphatic hydroxyl groups excluding tert-OH is 1. The molecule has 7 heteroatoms. The van der Waals surface area contributed by atoms with Gasteiger partial charge in [-0.1, -0.05) is 19.1 Å².